The highest BCUT2D eigenvalue weighted by Crippen LogP contribution is 2.30. The van der Waals surface area contributed by atoms with Crippen LogP contribution in [-0.4, -0.2) is 11.0 Å². The molecule has 0 saturated heterocycles. The van der Waals surface area contributed by atoms with Gasteiger partial charge in [0.2, 0.25) is 0 Å². The molecule has 0 fully saturated rings. The number of rotatable bonds is 3. The van der Waals surface area contributed by atoms with Crippen molar-refractivity contribution in [3.05, 3.63) is 86.4 Å². The molecule has 0 N–H and O–H groups in total. The Morgan fingerprint density at radius 1 is 1.03 bits per heavy atom. The molecule has 2 aromatic heterocycles. The Morgan fingerprint density at radius 3 is 2.72 bits per heavy atom. The smallest absolute Gasteiger partial charge is 0.339 e. The highest BCUT2D eigenvalue weighted by Gasteiger charge is 2.23. The van der Waals surface area contributed by atoms with Gasteiger partial charge in [-0.3, -0.25) is 4.98 Å². The minimum absolute atomic E-state index is 0.00879. The summed E-state index contributed by atoms with van der Waals surface area (Å²) in [4.78, 5) is 30.4. The third-order valence-corrected chi connectivity index (χ3v) is 6.50. The lowest BCUT2D eigenvalue weighted by Crippen LogP contribution is -2.13. The van der Waals surface area contributed by atoms with Gasteiger partial charge in [0.05, 0.1) is 11.1 Å². The monoisotopic (exact) mass is 427 g/mol. The standard InChI is InChI=1S/C27H25NO4/c1-16-12-13-19-18(14-24(29)32-26(19)17(16)2)15-31-27(30)25-20-8-4-3-5-10-22(20)28-23-11-7-6-9-21(23)25/h6-7,9,11-14H,3-5,8,10,15H2,1-2H3. The van der Waals surface area contributed by atoms with E-state index >= 15 is 0 Å². The molecule has 0 radical (unpaired) electrons. The van der Waals surface area contributed by atoms with E-state index in [9.17, 15) is 9.59 Å². The van der Waals surface area contributed by atoms with Crippen LogP contribution in [0.3, 0.4) is 0 Å². The number of hydrogen-bond acceptors (Lipinski definition) is 5. The molecule has 162 valence electrons. The minimum Gasteiger partial charge on any atom is -0.457 e. The van der Waals surface area contributed by atoms with Crippen LogP contribution in [0.5, 0.6) is 0 Å². The summed E-state index contributed by atoms with van der Waals surface area (Å²) in [5.74, 6) is -0.369. The molecular formula is C27H25NO4. The van der Waals surface area contributed by atoms with Crippen molar-refractivity contribution < 1.29 is 13.9 Å². The van der Waals surface area contributed by atoms with Crippen LogP contribution in [0.1, 0.15) is 57.6 Å². The number of carbonyl (C=O) groups excluding carboxylic acids is 1. The number of esters is 1. The highest BCUT2D eigenvalue weighted by atomic mass is 16.5. The Morgan fingerprint density at radius 2 is 1.84 bits per heavy atom. The lowest BCUT2D eigenvalue weighted by Gasteiger charge is -2.15. The summed E-state index contributed by atoms with van der Waals surface area (Å²) in [6, 6.07) is 13.0. The second kappa shape index (κ2) is 8.23. The first-order chi connectivity index (χ1) is 15.5. The molecule has 0 unspecified atom stereocenters. The maximum absolute atomic E-state index is 13.4. The topological polar surface area (TPSA) is 69.4 Å². The van der Waals surface area contributed by atoms with Crippen LogP contribution in [-0.2, 0) is 24.2 Å². The lowest BCUT2D eigenvalue weighted by atomic mass is 9.97. The fourth-order valence-electron chi connectivity index (χ4n) is 4.64. The van der Waals surface area contributed by atoms with Crippen LogP contribution in [0.25, 0.3) is 21.9 Å². The SMILES string of the molecule is Cc1ccc2c(COC(=O)c3c4c(nc5ccccc35)CCCCC4)cc(=O)oc2c1C. The zero-order valence-corrected chi connectivity index (χ0v) is 18.4. The molecule has 5 rings (SSSR count). The summed E-state index contributed by atoms with van der Waals surface area (Å²) in [6.07, 6.45) is 4.96. The number of aromatic nitrogens is 1. The number of carbonyl (C=O) groups is 1. The van der Waals surface area contributed by atoms with Crippen LogP contribution in [0.2, 0.25) is 0 Å². The molecule has 5 nitrogen and oxygen atoms in total. The number of ether oxygens (including phenoxy) is 1. The van der Waals surface area contributed by atoms with Gasteiger partial charge in [0.15, 0.2) is 0 Å². The first kappa shape index (κ1) is 20.4. The van der Waals surface area contributed by atoms with Crippen molar-refractivity contribution in [2.24, 2.45) is 0 Å². The van der Waals surface area contributed by atoms with Crippen LogP contribution < -0.4 is 5.63 Å². The van der Waals surface area contributed by atoms with Crippen molar-refractivity contribution in [2.75, 3.05) is 0 Å². The summed E-state index contributed by atoms with van der Waals surface area (Å²) in [6.45, 7) is 3.91. The van der Waals surface area contributed by atoms with E-state index in [4.69, 9.17) is 14.1 Å². The number of benzene rings is 2. The number of fused-ring (bicyclic) bond motifs is 3. The Balaban J connectivity index is 1.55. The van der Waals surface area contributed by atoms with Gasteiger partial charge >= 0.3 is 11.6 Å². The fraction of sp³-hybridized carbons (Fsp3) is 0.296. The maximum atomic E-state index is 13.4. The predicted octanol–water partition coefficient (Wildman–Crippen LogP) is 5.58. The van der Waals surface area contributed by atoms with E-state index in [1.165, 1.54) is 6.07 Å². The molecule has 5 heteroatoms. The first-order valence-corrected chi connectivity index (χ1v) is 11.1. The quantitative estimate of drug-likeness (QED) is 0.242. The second-order valence-electron chi connectivity index (χ2n) is 8.54. The van der Waals surface area contributed by atoms with Crippen LogP contribution in [0.4, 0.5) is 0 Å². The van der Waals surface area contributed by atoms with Gasteiger partial charge in [-0.2, -0.15) is 0 Å². The van der Waals surface area contributed by atoms with Gasteiger partial charge in [-0.15, -0.1) is 0 Å². The summed E-state index contributed by atoms with van der Waals surface area (Å²) in [7, 11) is 0. The van der Waals surface area contributed by atoms with Gasteiger partial charge < -0.3 is 9.15 Å². The first-order valence-electron chi connectivity index (χ1n) is 11.1. The molecular weight excluding hydrogens is 402 g/mol. The molecule has 0 aliphatic heterocycles. The molecule has 0 amide bonds. The van der Waals surface area contributed by atoms with E-state index in [2.05, 4.69) is 0 Å². The van der Waals surface area contributed by atoms with Crippen molar-refractivity contribution in [1.29, 1.82) is 0 Å². The summed E-state index contributed by atoms with van der Waals surface area (Å²) < 4.78 is 11.3. The molecule has 4 aromatic rings. The molecule has 0 saturated carbocycles. The Kier molecular flexibility index (Phi) is 5.25. The minimum atomic E-state index is -0.444. The second-order valence-corrected chi connectivity index (χ2v) is 8.54. The largest absolute Gasteiger partial charge is 0.457 e. The van der Waals surface area contributed by atoms with Gasteiger partial charge in [-0.25, -0.2) is 9.59 Å². The maximum Gasteiger partial charge on any atom is 0.339 e. The Labute approximate surface area is 186 Å². The van der Waals surface area contributed by atoms with E-state index in [1.807, 2.05) is 50.2 Å². The molecule has 0 bridgehead atoms. The van der Waals surface area contributed by atoms with Crippen LogP contribution in [0.15, 0.2) is 51.7 Å². The van der Waals surface area contributed by atoms with Crippen LogP contribution in [0, 0.1) is 13.8 Å². The number of pyridine rings is 1. The van der Waals surface area contributed by atoms with Gasteiger partial charge in [-0.05, 0) is 62.3 Å². The average Bonchev–Trinajstić information content (AvgIpc) is 3.03. The van der Waals surface area contributed by atoms with E-state index < -0.39 is 5.63 Å². The normalized spacial score (nSPS) is 13.7. The van der Waals surface area contributed by atoms with Crippen LogP contribution >= 0.6 is 0 Å². The van der Waals surface area contributed by atoms with Crippen molar-refractivity contribution >= 4 is 27.8 Å². The predicted molar refractivity (Wildman–Crippen MR) is 124 cm³/mol. The number of nitrogens with zero attached hydrogens (tertiary/aromatic N) is 1. The van der Waals surface area contributed by atoms with Crippen molar-refractivity contribution in [3.63, 3.8) is 0 Å². The third-order valence-electron chi connectivity index (χ3n) is 6.50. The summed E-state index contributed by atoms with van der Waals surface area (Å²) >= 11 is 0. The van der Waals surface area contributed by atoms with Crippen molar-refractivity contribution in [1.82, 2.24) is 4.98 Å². The Hall–Kier alpha value is -3.47. The van der Waals surface area contributed by atoms with E-state index in [0.29, 0.717) is 16.7 Å². The van der Waals surface area contributed by atoms with Gasteiger partial charge in [0.1, 0.15) is 12.2 Å². The highest BCUT2D eigenvalue weighted by molar-refractivity contribution is 6.05. The van der Waals surface area contributed by atoms with Gasteiger partial charge in [-0.1, -0.05) is 36.8 Å². The molecule has 32 heavy (non-hydrogen) atoms. The molecule has 0 atom stereocenters. The van der Waals surface area contributed by atoms with Crippen molar-refractivity contribution in [2.45, 2.75) is 52.6 Å². The van der Waals surface area contributed by atoms with Gasteiger partial charge in [0.25, 0.3) is 0 Å². The number of hydrogen-bond donors (Lipinski definition) is 0. The zero-order valence-electron chi connectivity index (χ0n) is 18.4. The van der Waals surface area contributed by atoms with Gasteiger partial charge in [0, 0.05) is 28.1 Å². The van der Waals surface area contributed by atoms with Crippen molar-refractivity contribution in [3.8, 4) is 0 Å². The Bertz CT molecular complexity index is 1420. The fourth-order valence-corrected chi connectivity index (χ4v) is 4.64. The number of aryl methyl sites for hydroxylation is 3. The average molecular weight is 428 g/mol. The third kappa shape index (κ3) is 3.58. The van der Waals surface area contributed by atoms with E-state index in [-0.39, 0.29) is 12.6 Å². The van der Waals surface area contributed by atoms with E-state index in [0.717, 1.165) is 70.8 Å². The molecule has 0 spiro atoms. The molecule has 1 aliphatic carbocycles. The molecule has 2 heterocycles. The molecule has 1 aliphatic rings. The number of para-hydroxylation sites is 1. The molecule has 2 aromatic carbocycles. The van der Waals surface area contributed by atoms with E-state index in [1.54, 1.807) is 0 Å². The lowest BCUT2D eigenvalue weighted by molar-refractivity contribution is 0.0474. The summed E-state index contributed by atoms with van der Waals surface area (Å²) in [5.41, 5.74) is 6.16. The summed E-state index contributed by atoms with van der Waals surface area (Å²) in [5, 5.41) is 1.61. The zero-order chi connectivity index (χ0) is 22.2.